The van der Waals surface area contributed by atoms with Crippen LogP contribution in [0.15, 0.2) is 0 Å². The zero-order valence-corrected chi connectivity index (χ0v) is 11.0. The van der Waals surface area contributed by atoms with Crippen LogP contribution in [-0.2, 0) is 19.1 Å². The molecule has 0 aromatic rings. The Kier molecular flexibility index (Phi) is 4.27. The Morgan fingerprint density at radius 2 is 2.18 bits per heavy atom. The van der Waals surface area contributed by atoms with Gasteiger partial charge in [0.25, 0.3) is 6.47 Å². The molecule has 5 heteroatoms. The Morgan fingerprint density at radius 1 is 1.53 bits per heavy atom. The summed E-state index contributed by atoms with van der Waals surface area (Å²) in [6.45, 7) is 10.3. The molecule has 2 heterocycles. The van der Waals surface area contributed by atoms with Gasteiger partial charge in [-0.1, -0.05) is 0 Å². The molecular weight excluding hydrogens is 222 g/mol. The number of morpholine rings is 1. The fourth-order valence-electron chi connectivity index (χ4n) is 1.78. The number of rotatable bonds is 3. The number of hydrogen-bond donors (Lipinski definition) is 0. The number of carbonyl (C=O) groups excluding carboxylic acids is 2. The number of ketones is 1. The van der Waals surface area contributed by atoms with Crippen LogP contribution in [-0.4, -0.2) is 48.2 Å². The standard InChI is InChI=1S/C7H11NO2.C5H10O2/c1-6(9)4-7-5-8(7)2-3-10-7;1-5(2,3)7-4-6/h2-5H2,1H3;4H,1-3H3. The van der Waals surface area contributed by atoms with E-state index >= 15 is 0 Å². The van der Waals surface area contributed by atoms with Gasteiger partial charge in [0, 0.05) is 13.1 Å². The van der Waals surface area contributed by atoms with Gasteiger partial charge in [-0.3, -0.25) is 14.5 Å². The summed E-state index contributed by atoms with van der Waals surface area (Å²) in [4.78, 5) is 22.5. The third-order valence-electron chi connectivity index (χ3n) is 2.57. The summed E-state index contributed by atoms with van der Waals surface area (Å²) >= 11 is 0. The minimum absolute atomic E-state index is 0.133. The summed E-state index contributed by atoms with van der Waals surface area (Å²) in [5, 5.41) is 0. The topological polar surface area (TPSA) is 55.6 Å². The monoisotopic (exact) mass is 243 g/mol. The summed E-state index contributed by atoms with van der Waals surface area (Å²) in [6, 6.07) is 0. The molecule has 17 heavy (non-hydrogen) atoms. The van der Waals surface area contributed by atoms with E-state index in [4.69, 9.17) is 4.74 Å². The number of carbonyl (C=O) groups is 2. The Hall–Kier alpha value is -0.940. The Bertz CT molecular complexity index is 297. The molecule has 0 amide bonds. The van der Waals surface area contributed by atoms with Crippen LogP contribution < -0.4 is 0 Å². The number of hydrogen-bond acceptors (Lipinski definition) is 5. The van der Waals surface area contributed by atoms with E-state index in [0.29, 0.717) is 12.9 Å². The third-order valence-corrected chi connectivity index (χ3v) is 2.57. The largest absolute Gasteiger partial charge is 0.462 e. The van der Waals surface area contributed by atoms with Crippen molar-refractivity contribution >= 4 is 12.3 Å². The van der Waals surface area contributed by atoms with Crippen molar-refractivity contribution in [3.63, 3.8) is 0 Å². The van der Waals surface area contributed by atoms with Gasteiger partial charge >= 0.3 is 0 Å². The van der Waals surface area contributed by atoms with Gasteiger partial charge < -0.3 is 9.47 Å². The van der Waals surface area contributed by atoms with Crippen molar-refractivity contribution in [2.45, 2.75) is 45.4 Å². The Morgan fingerprint density at radius 3 is 2.41 bits per heavy atom. The maximum Gasteiger partial charge on any atom is 0.293 e. The Balaban J connectivity index is 0.000000185. The molecule has 2 saturated heterocycles. The van der Waals surface area contributed by atoms with Crippen LogP contribution in [0.25, 0.3) is 0 Å². The van der Waals surface area contributed by atoms with Crippen molar-refractivity contribution in [3.05, 3.63) is 0 Å². The zero-order valence-electron chi connectivity index (χ0n) is 11.0. The van der Waals surface area contributed by atoms with Crippen LogP contribution in [0.5, 0.6) is 0 Å². The van der Waals surface area contributed by atoms with E-state index in [1.807, 2.05) is 20.8 Å². The first kappa shape index (κ1) is 14.1. The molecule has 2 unspecified atom stereocenters. The van der Waals surface area contributed by atoms with Crippen molar-refractivity contribution in [2.75, 3.05) is 19.7 Å². The molecule has 2 rings (SSSR count). The molecule has 0 N–H and O–H groups in total. The quantitative estimate of drug-likeness (QED) is 0.546. The number of Topliss-reactive ketones (excluding diaryl/α,β-unsaturated/α-hetero) is 1. The lowest BCUT2D eigenvalue weighted by Gasteiger charge is -2.14. The summed E-state index contributed by atoms with van der Waals surface area (Å²) in [5.74, 6) is 0.226. The fraction of sp³-hybridized carbons (Fsp3) is 0.833. The molecule has 0 radical (unpaired) electrons. The highest BCUT2D eigenvalue weighted by atomic mass is 16.5. The molecule has 0 saturated carbocycles. The normalized spacial score (nSPS) is 29.8. The van der Waals surface area contributed by atoms with Crippen molar-refractivity contribution in [1.82, 2.24) is 4.90 Å². The maximum absolute atomic E-state index is 10.7. The summed E-state index contributed by atoms with van der Waals surface area (Å²) in [6.07, 6.45) is 0.576. The van der Waals surface area contributed by atoms with Gasteiger partial charge in [0.2, 0.25) is 0 Å². The van der Waals surface area contributed by atoms with Crippen molar-refractivity contribution in [2.24, 2.45) is 0 Å². The van der Waals surface area contributed by atoms with Gasteiger partial charge in [-0.15, -0.1) is 0 Å². The first-order valence-electron chi connectivity index (χ1n) is 5.79. The summed E-state index contributed by atoms with van der Waals surface area (Å²) in [7, 11) is 0. The number of nitrogens with zero attached hydrogens (tertiary/aromatic N) is 1. The SMILES string of the molecule is CC(=O)CC12CN1CCO2.CC(C)(C)OC=O. The average molecular weight is 243 g/mol. The van der Waals surface area contributed by atoms with Crippen LogP contribution in [0.2, 0.25) is 0 Å². The molecule has 2 atom stereocenters. The van der Waals surface area contributed by atoms with Gasteiger partial charge in [0.05, 0.1) is 13.0 Å². The van der Waals surface area contributed by atoms with E-state index < -0.39 is 0 Å². The molecule has 0 aromatic carbocycles. The molecule has 0 aliphatic carbocycles. The van der Waals surface area contributed by atoms with Crippen molar-refractivity contribution in [3.8, 4) is 0 Å². The molecule has 0 aromatic heterocycles. The molecule has 2 aliphatic rings. The smallest absolute Gasteiger partial charge is 0.293 e. The molecule has 5 nitrogen and oxygen atoms in total. The zero-order chi connectivity index (χ0) is 13.1. The molecule has 0 bridgehead atoms. The first-order valence-corrected chi connectivity index (χ1v) is 5.79. The van der Waals surface area contributed by atoms with Gasteiger partial charge in [0.15, 0.2) is 0 Å². The van der Waals surface area contributed by atoms with Crippen LogP contribution >= 0.6 is 0 Å². The summed E-state index contributed by atoms with van der Waals surface area (Å²) in [5.41, 5.74) is -0.451. The van der Waals surface area contributed by atoms with E-state index in [-0.39, 0.29) is 17.1 Å². The van der Waals surface area contributed by atoms with Crippen LogP contribution in [0.3, 0.4) is 0 Å². The predicted molar refractivity (Wildman–Crippen MR) is 62.5 cm³/mol. The molecule has 2 aliphatic heterocycles. The lowest BCUT2D eigenvalue weighted by Crippen LogP contribution is -2.18. The second-order valence-electron chi connectivity index (χ2n) is 5.42. The van der Waals surface area contributed by atoms with Crippen molar-refractivity contribution in [1.29, 1.82) is 0 Å². The second kappa shape index (κ2) is 5.14. The molecule has 0 spiro atoms. The number of ether oxygens (including phenoxy) is 2. The maximum atomic E-state index is 10.7. The van der Waals surface area contributed by atoms with Gasteiger partial charge in [-0.25, -0.2) is 0 Å². The van der Waals surface area contributed by atoms with Gasteiger partial charge in [0.1, 0.15) is 17.1 Å². The average Bonchev–Trinajstić information content (AvgIpc) is 2.65. The van der Waals surface area contributed by atoms with Crippen LogP contribution in [0.1, 0.15) is 34.1 Å². The van der Waals surface area contributed by atoms with E-state index in [2.05, 4.69) is 9.64 Å². The lowest BCUT2D eigenvalue weighted by molar-refractivity contribution is -0.138. The van der Waals surface area contributed by atoms with Crippen LogP contribution in [0, 0.1) is 0 Å². The summed E-state index contributed by atoms with van der Waals surface area (Å²) < 4.78 is 9.98. The third kappa shape index (κ3) is 4.44. The van der Waals surface area contributed by atoms with E-state index in [1.165, 1.54) is 0 Å². The molecule has 2 fully saturated rings. The Labute approximate surface area is 102 Å². The highest BCUT2D eigenvalue weighted by Crippen LogP contribution is 2.40. The lowest BCUT2D eigenvalue weighted by atomic mass is 10.2. The van der Waals surface area contributed by atoms with Gasteiger partial charge in [-0.2, -0.15) is 0 Å². The minimum atomic E-state index is -0.318. The molecular formula is C12H21NO4. The van der Waals surface area contributed by atoms with Gasteiger partial charge in [-0.05, 0) is 27.7 Å². The second-order valence-corrected chi connectivity index (χ2v) is 5.42. The van der Waals surface area contributed by atoms with Crippen molar-refractivity contribution < 1.29 is 19.1 Å². The highest BCUT2D eigenvalue weighted by molar-refractivity contribution is 5.77. The number of fused-ring (bicyclic) bond motifs is 1. The van der Waals surface area contributed by atoms with Crippen LogP contribution in [0.4, 0.5) is 0 Å². The minimum Gasteiger partial charge on any atom is -0.462 e. The first-order chi connectivity index (χ1) is 7.79. The predicted octanol–water partition coefficient (Wildman–Crippen LogP) is 0.966. The molecule has 98 valence electrons. The fourth-order valence-corrected chi connectivity index (χ4v) is 1.78. The van der Waals surface area contributed by atoms with E-state index in [9.17, 15) is 9.59 Å². The van der Waals surface area contributed by atoms with E-state index in [1.54, 1.807) is 6.92 Å². The highest BCUT2D eigenvalue weighted by Gasteiger charge is 2.57. The van der Waals surface area contributed by atoms with E-state index in [0.717, 1.165) is 19.7 Å².